The van der Waals surface area contributed by atoms with Gasteiger partial charge in [0.25, 0.3) is 0 Å². The zero-order chi connectivity index (χ0) is 10.6. The van der Waals surface area contributed by atoms with E-state index in [2.05, 4.69) is 50.3 Å². The molecule has 0 spiro atoms. The van der Waals surface area contributed by atoms with Gasteiger partial charge in [-0.05, 0) is 18.8 Å². The Morgan fingerprint density at radius 2 is 2.07 bits per heavy atom. The number of aliphatic imine (C=N–C) groups is 1. The summed E-state index contributed by atoms with van der Waals surface area (Å²) in [4.78, 5) is 4.73. The molecule has 1 heterocycles. The monoisotopic (exact) mass is 307 g/mol. The van der Waals surface area contributed by atoms with E-state index in [9.17, 15) is 0 Å². The van der Waals surface area contributed by atoms with E-state index >= 15 is 0 Å². The van der Waals surface area contributed by atoms with E-state index in [0.717, 1.165) is 16.4 Å². The number of hydrogen-bond acceptors (Lipinski definition) is 2. The van der Waals surface area contributed by atoms with Gasteiger partial charge in [0.05, 0.1) is 11.5 Å². The van der Waals surface area contributed by atoms with Gasteiger partial charge in [0.2, 0.25) is 0 Å². The van der Waals surface area contributed by atoms with Crippen molar-refractivity contribution in [2.75, 3.05) is 6.61 Å². The molecular weight excluding hydrogens is 289 g/mol. The van der Waals surface area contributed by atoms with Crippen LogP contribution in [0.1, 0.15) is 34.1 Å². The van der Waals surface area contributed by atoms with Gasteiger partial charge >= 0.3 is 0 Å². The first-order valence-corrected chi connectivity index (χ1v) is 6.44. The van der Waals surface area contributed by atoms with Crippen LogP contribution >= 0.6 is 22.6 Å². The van der Waals surface area contributed by atoms with Gasteiger partial charge < -0.3 is 4.74 Å². The van der Waals surface area contributed by atoms with Crippen LogP contribution in [0.15, 0.2) is 4.99 Å². The van der Waals surface area contributed by atoms with Gasteiger partial charge in [-0.25, -0.2) is 4.99 Å². The maximum atomic E-state index is 5.73. The smallest absolute Gasteiger partial charge is 0.190 e. The normalized spacial score (nSPS) is 41.9. The Kier molecular flexibility index (Phi) is 2.37. The van der Waals surface area contributed by atoms with Crippen molar-refractivity contribution >= 4 is 28.5 Å². The highest BCUT2D eigenvalue weighted by molar-refractivity contribution is 14.1. The second-order valence-electron chi connectivity index (χ2n) is 5.72. The average Bonchev–Trinajstić information content (AvgIpc) is 2.52. The first kappa shape index (κ1) is 10.7. The van der Waals surface area contributed by atoms with Crippen LogP contribution in [-0.2, 0) is 4.74 Å². The molecule has 2 rings (SSSR count). The maximum absolute atomic E-state index is 5.73. The minimum absolute atomic E-state index is 0.230. The minimum atomic E-state index is 0.230. The summed E-state index contributed by atoms with van der Waals surface area (Å²) < 4.78 is 6.45. The van der Waals surface area contributed by atoms with Crippen LogP contribution in [0, 0.1) is 10.8 Å². The summed E-state index contributed by atoms with van der Waals surface area (Å²) in [6, 6.07) is 0.346. The SMILES string of the molecule is CC(C)(C)[C@H]1COC(C2(C)C[C@@H]2I)=N1. The molecule has 2 nitrogen and oxygen atoms in total. The fraction of sp³-hybridized carbons (Fsp3) is 0.909. The predicted octanol–water partition coefficient (Wildman–Crippen LogP) is 3.04. The van der Waals surface area contributed by atoms with Crippen molar-refractivity contribution in [1.29, 1.82) is 0 Å². The Morgan fingerprint density at radius 1 is 1.50 bits per heavy atom. The fourth-order valence-corrected chi connectivity index (χ4v) is 2.85. The largest absolute Gasteiger partial charge is 0.478 e. The predicted molar refractivity (Wildman–Crippen MR) is 67.2 cm³/mol. The lowest BCUT2D eigenvalue weighted by Gasteiger charge is -2.21. The second-order valence-corrected chi connectivity index (χ2v) is 7.22. The molecule has 0 aromatic rings. The van der Waals surface area contributed by atoms with Crippen LogP contribution in [-0.4, -0.2) is 22.5 Å². The molecule has 80 valence electrons. The topological polar surface area (TPSA) is 21.6 Å². The summed E-state index contributed by atoms with van der Waals surface area (Å²) >= 11 is 2.49. The molecule has 0 bridgehead atoms. The van der Waals surface area contributed by atoms with E-state index in [1.807, 2.05) is 0 Å². The van der Waals surface area contributed by atoms with E-state index in [1.54, 1.807) is 0 Å². The van der Waals surface area contributed by atoms with Gasteiger partial charge in [-0.2, -0.15) is 0 Å². The summed E-state index contributed by atoms with van der Waals surface area (Å²) in [6.07, 6.45) is 1.23. The van der Waals surface area contributed by atoms with Crippen LogP contribution in [0.2, 0.25) is 0 Å². The van der Waals surface area contributed by atoms with Crippen LogP contribution in [0.4, 0.5) is 0 Å². The standard InChI is InChI=1S/C11H18INO/c1-10(2,3)8-6-14-9(13-8)11(4)5-7(11)12/h7-8H,5-6H2,1-4H3/t7-,8+,11?/m0/s1. The van der Waals surface area contributed by atoms with Crippen molar-refractivity contribution in [2.45, 2.75) is 44.1 Å². The molecule has 2 aliphatic rings. The molecule has 0 N–H and O–H groups in total. The molecule has 1 fully saturated rings. The number of rotatable bonds is 1. The van der Waals surface area contributed by atoms with E-state index in [-0.39, 0.29) is 10.8 Å². The number of ether oxygens (including phenoxy) is 1. The summed E-state index contributed by atoms with van der Waals surface area (Å²) in [5.41, 5.74) is 0.480. The van der Waals surface area contributed by atoms with Crippen LogP contribution in [0.5, 0.6) is 0 Å². The molecule has 0 aromatic carbocycles. The summed E-state index contributed by atoms with van der Waals surface area (Å²) in [7, 11) is 0. The van der Waals surface area contributed by atoms with E-state index in [1.165, 1.54) is 6.42 Å². The summed E-state index contributed by atoms with van der Waals surface area (Å²) in [5.74, 6) is 1.01. The quantitative estimate of drug-likeness (QED) is 0.539. The van der Waals surface area contributed by atoms with Crippen molar-refractivity contribution in [3.05, 3.63) is 0 Å². The van der Waals surface area contributed by atoms with E-state index < -0.39 is 0 Å². The molecule has 1 aliphatic carbocycles. The first-order chi connectivity index (χ1) is 6.34. The Hall–Kier alpha value is 0.200. The van der Waals surface area contributed by atoms with Crippen molar-refractivity contribution in [1.82, 2.24) is 0 Å². The fourth-order valence-electron chi connectivity index (χ4n) is 1.66. The lowest BCUT2D eigenvalue weighted by Crippen LogP contribution is -2.25. The van der Waals surface area contributed by atoms with Gasteiger partial charge in [-0.3, -0.25) is 0 Å². The number of halogens is 1. The third-order valence-corrected chi connectivity index (χ3v) is 5.09. The van der Waals surface area contributed by atoms with Crippen molar-refractivity contribution in [2.24, 2.45) is 15.8 Å². The van der Waals surface area contributed by atoms with Gasteiger partial charge in [-0.1, -0.05) is 43.4 Å². The molecule has 1 saturated carbocycles. The molecule has 3 heteroatoms. The van der Waals surface area contributed by atoms with Crippen LogP contribution in [0.3, 0.4) is 0 Å². The summed E-state index contributed by atoms with van der Waals surface area (Å²) in [6.45, 7) is 9.71. The summed E-state index contributed by atoms with van der Waals surface area (Å²) in [5, 5.41) is 0. The molecule has 0 saturated heterocycles. The van der Waals surface area contributed by atoms with Gasteiger partial charge in [0.15, 0.2) is 5.90 Å². The van der Waals surface area contributed by atoms with Crippen molar-refractivity contribution < 1.29 is 4.74 Å². The highest BCUT2D eigenvalue weighted by atomic mass is 127. The lowest BCUT2D eigenvalue weighted by atomic mass is 9.88. The average molecular weight is 307 g/mol. The van der Waals surface area contributed by atoms with E-state index in [0.29, 0.717) is 6.04 Å². The van der Waals surface area contributed by atoms with Crippen molar-refractivity contribution in [3.63, 3.8) is 0 Å². The van der Waals surface area contributed by atoms with Gasteiger partial charge in [0.1, 0.15) is 6.61 Å². The molecule has 14 heavy (non-hydrogen) atoms. The lowest BCUT2D eigenvalue weighted by molar-refractivity contribution is 0.228. The molecule has 3 atom stereocenters. The van der Waals surface area contributed by atoms with Crippen LogP contribution < -0.4 is 0 Å². The minimum Gasteiger partial charge on any atom is -0.478 e. The number of alkyl halides is 1. The Bertz CT molecular complexity index is 282. The molecular formula is C11H18INO. The van der Waals surface area contributed by atoms with Gasteiger partial charge in [0, 0.05) is 3.92 Å². The first-order valence-electron chi connectivity index (χ1n) is 5.19. The van der Waals surface area contributed by atoms with Crippen molar-refractivity contribution in [3.8, 4) is 0 Å². The molecule has 1 unspecified atom stereocenters. The Morgan fingerprint density at radius 3 is 2.43 bits per heavy atom. The molecule has 0 aromatic heterocycles. The highest BCUT2D eigenvalue weighted by Crippen LogP contribution is 2.54. The van der Waals surface area contributed by atoms with Gasteiger partial charge in [-0.15, -0.1) is 0 Å². The Balaban J connectivity index is 2.11. The zero-order valence-corrected chi connectivity index (χ0v) is 11.5. The number of hydrogen-bond donors (Lipinski definition) is 0. The van der Waals surface area contributed by atoms with Crippen LogP contribution in [0.25, 0.3) is 0 Å². The third kappa shape index (κ3) is 1.68. The van der Waals surface area contributed by atoms with E-state index in [4.69, 9.17) is 9.73 Å². The molecule has 1 aliphatic heterocycles. The number of nitrogens with zero attached hydrogens (tertiary/aromatic N) is 1. The highest BCUT2D eigenvalue weighted by Gasteiger charge is 2.55. The Labute approximate surface area is 99.6 Å². The zero-order valence-electron chi connectivity index (χ0n) is 9.30. The maximum Gasteiger partial charge on any atom is 0.190 e. The third-order valence-electron chi connectivity index (χ3n) is 3.27. The second kappa shape index (κ2) is 3.09. The molecule has 0 radical (unpaired) electrons. The molecule has 0 amide bonds.